The molecule has 0 heterocycles. The summed E-state index contributed by atoms with van der Waals surface area (Å²) in [5.74, 6) is -1.77. The maximum absolute atomic E-state index is 11.6. The lowest BCUT2D eigenvalue weighted by atomic mass is 10.1. The zero-order valence-corrected chi connectivity index (χ0v) is 11.9. The van der Waals surface area contributed by atoms with Gasteiger partial charge in [0.1, 0.15) is 12.2 Å². The van der Waals surface area contributed by atoms with Crippen LogP contribution in [0.25, 0.3) is 0 Å². The number of aromatic carboxylic acids is 1. The average Bonchev–Trinajstić information content (AvgIpc) is 2.31. The Balaban J connectivity index is 2.97. The Kier molecular flexibility index (Phi) is 5.60. The van der Waals surface area contributed by atoms with Gasteiger partial charge in [-0.25, -0.2) is 4.79 Å². The van der Waals surface area contributed by atoms with Crippen molar-refractivity contribution in [3.8, 4) is 0 Å². The highest BCUT2D eigenvalue weighted by Crippen LogP contribution is 2.31. The number of anilines is 1. The summed E-state index contributed by atoms with van der Waals surface area (Å²) in [4.78, 5) is 22.7. The molecule has 7 heteroatoms. The topological polar surface area (TPSA) is 75.6 Å². The van der Waals surface area contributed by atoms with Gasteiger partial charge >= 0.3 is 5.97 Å². The molecule has 0 saturated heterocycles. The average molecular weight is 306 g/mol. The Labute approximate surface area is 120 Å². The predicted molar refractivity (Wildman–Crippen MR) is 73.1 cm³/mol. The Morgan fingerprint density at radius 2 is 1.89 bits per heavy atom. The largest absolute Gasteiger partial charge is 0.478 e. The standard InChI is InChI=1S/C12H13Cl2NO4/c1-6(2)19-5-9(16)15-11-8(14)4-3-7(13)10(11)12(17)18/h3-4,6H,5H2,1-2H3,(H,15,16)(H,17,18). The van der Waals surface area contributed by atoms with Crippen molar-refractivity contribution < 1.29 is 19.4 Å². The van der Waals surface area contributed by atoms with Crippen molar-refractivity contribution in [2.75, 3.05) is 11.9 Å². The van der Waals surface area contributed by atoms with E-state index in [9.17, 15) is 9.59 Å². The van der Waals surface area contributed by atoms with E-state index in [0.717, 1.165) is 0 Å². The number of benzene rings is 1. The minimum Gasteiger partial charge on any atom is -0.478 e. The van der Waals surface area contributed by atoms with Gasteiger partial charge in [0.05, 0.1) is 21.8 Å². The summed E-state index contributed by atoms with van der Waals surface area (Å²) in [6.07, 6.45) is -0.112. The first-order valence-electron chi connectivity index (χ1n) is 5.45. The molecule has 0 aliphatic rings. The third-order valence-corrected chi connectivity index (χ3v) is 2.76. The maximum Gasteiger partial charge on any atom is 0.339 e. The normalized spacial score (nSPS) is 10.6. The van der Waals surface area contributed by atoms with Crippen molar-refractivity contribution in [3.63, 3.8) is 0 Å². The lowest BCUT2D eigenvalue weighted by Crippen LogP contribution is -2.22. The van der Waals surface area contributed by atoms with Gasteiger partial charge in [0, 0.05) is 0 Å². The van der Waals surface area contributed by atoms with Crippen LogP contribution in [-0.2, 0) is 9.53 Å². The van der Waals surface area contributed by atoms with Gasteiger partial charge in [0.25, 0.3) is 0 Å². The highest BCUT2D eigenvalue weighted by Gasteiger charge is 2.19. The maximum atomic E-state index is 11.6. The number of carboxylic acid groups (broad SMARTS) is 1. The fourth-order valence-corrected chi connectivity index (χ4v) is 1.74. The van der Waals surface area contributed by atoms with Gasteiger partial charge in [0.15, 0.2) is 0 Å². The Hall–Kier alpha value is -1.30. The summed E-state index contributed by atoms with van der Waals surface area (Å²) in [6.45, 7) is 3.37. The smallest absolute Gasteiger partial charge is 0.339 e. The number of halogens is 2. The van der Waals surface area contributed by atoms with E-state index in [0.29, 0.717) is 0 Å². The van der Waals surface area contributed by atoms with Gasteiger partial charge in [-0.2, -0.15) is 0 Å². The van der Waals surface area contributed by atoms with Crippen LogP contribution < -0.4 is 5.32 Å². The summed E-state index contributed by atoms with van der Waals surface area (Å²) in [5, 5.41) is 11.6. The number of carbonyl (C=O) groups is 2. The van der Waals surface area contributed by atoms with Crippen LogP contribution in [0.4, 0.5) is 5.69 Å². The second-order valence-electron chi connectivity index (χ2n) is 3.99. The van der Waals surface area contributed by atoms with Crippen LogP contribution in [0.1, 0.15) is 24.2 Å². The molecule has 0 fully saturated rings. The van der Waals surface area contributed by atoms with Crippen LogP contribution in [0.3, 0.4) is 0 Å². The second-order valence-corrected chi connectivity index (χ2v) is 4.81. The SMILES string of the molecule is CC(C)OCC(=O)Nc1c(Cl)ccc(Cl)c1C(=O)O. The molecule has 0 aromatic heterocycles. The van der Waals surface area contributed by atoms with Crippen LogP contribution in [0.2, 0.25) is 10.0 Å². The molecule has 0 aliphatic heterocycles. The number of carboxylic acids is 1. The molecule has 0 atom stereocenters. The molecule has 1 aromatic rings. The minimum absolute atomic E-state index is 0.00280. The van der Waals surface area contributed by atoms with E-state index in [4.69, 9.17) is 33.0 Å². The van der Waals surface area contributed by atoms with Gasteiger partial charge in [-0.1, -0.05) is 23.2 Å². The molecule has 19 heavy (non-hydrogen) atoms. The highest BCUT2D eigenvalue weighted by molar-refractivity contribution is 6.38. The molecule has 104 valence electrons. The molecule has 5 nitrogen and oxygen atoms in total. The predicted octanol–water partition coefficient (Wildman–Crippen LogP) is 3.06. The van der Waals surface area contributed by atoms with Gasteiger partial charge in [-0.3, -0.25) is 4.79 Å². The van der Waals surface area contributed by atoms with Crippen LogP contribution >= 0.6 is 23.2 Å². The van der Waals surface area contributed by atoms with Crippen LogP contribution in [0, 0.1) is 0 Å². The summed E-state index contributed by atoms with van der Waals surface area (Å²) in [6, 6.07) is 2.77. The van der Waals surface area contributed by atoms with E-state index in [1.54, 1.807) is 13.8 Å². The van der Waals surface area contributed by atoms with Crippen LogP contribution in [-0.4, -0.2) is 29.7 Å². The first-order chi connectivity index (χ1) is 8.82. The highest BCUT2D eigenvalue weighted by atomic mass is 35.5. The van der Waals surface area contributed by atoms with Crippen LogP contribution in [0.15, 0.2) is 12.1 Å². The summed E-state index contributed by atoms with van der Waals surface area (Å²) in [5.41, 5.74) is -0.272. The lowest BCUT2D eigenvalue weighted by Gasteiger charge is -2.12. The molecular formula is C12H13Cl2NO4. The number of hydrogen-bond acceptors (Lipinski definition) is 3. The van der Waals surface area contributed by atoms with E-state index in [1.807, 2.05) is 0 Å². The monoisotopic (exact) mass is 305 g/mol. The van der Waals surface area contributed by atoms with E-state index < -0.39 is 11.9 Å². The third kappa shape index (κ3) is 4.38. The molecular weight excluding hydrogens is 293 g/mol. The zero-order valence-electron chi connectivity index (χ0n) is 10.4. The fraction of sp³-hybridized carbons (Fsp3) is 0.333. The molecule has 1 aromatic carbocycles. The summed E-state index contributed by atoms with van der Waals surface area (Å²) < 4.78 is 5.11. The van der Waals surface area contributed by atoms with E-state index in [-0.39, 0.29) is 34.0 Å². The molecule has 0 saturated carbocycles. The van der Waals surface area contributed by atoms with Crippen molar-refractivity contribution in [1.29, 1.82) is 0 Å². The first kappa shape index (κ1) is 15.8. The van der Waals surface area contributed by atoms with E-state index in [2.05, 4.69) is 5.32 Å². The summed E-state index contributed by atoms with van der Waals surface area (Å²) >= 11 is 11.7. The number of hydrogen-bond donors (Lipinski definition) is 2. The molecule has 2 N–H and O–H groups in total. The van der Waals surface area contributed by atoms with Crippen molar-refractivity contribution in [2.24, 2.45) is 0 Å². The quantitative estimate of drug-likeness (QED) is 0.876. The van der Waals surface area contributed by atoms with Gasteiger partial charge < -0.3 is 15.2 Å². The first-order valence-corrected chi connectivity index (χ1v) is 6.21. The van der Waals surface area contributed by atoms with Gasteiger partial charge in [-0.15, -0.1) is 0 Å². The van der Waals surface area contributed by atoms with E-state index >= 15 is 0 Å². The molecule has 0 aliphatic carbocycles. The lowest BCUT2D eigenvalue weighted by molar-refractivity contribution is -0.121. The molecule has 1 rings (SSSR count). The van der Waals surface area contributed by atoms with Crippen LogP contribution in [0.5, 0.6) is 0 Å². The summed E-state index contributed by atoms with van der Waals surface area (Å²) in [7, 11) is 0. The number of nitrogens with one attached hydrogen (secondary N) is 1. The zero-order chi connectivity index (χ0) is 14.6. The Bertz CT molecular complexity index is 503. The van der Waals surface area contributed by atoms with Crippen molar-refractivity contribution in [1.82, 2.24) is 0 Å². The van der Waals surface area contributed by atoms with Gasteiger partial charge in [0.2, 0.25) is 5.91 Å². The molecule has 1 amide bonds. The Morgan fingerprint density at radius 3 is 2.42 bits per heavy atom. The number of carbonyl (C=O) groups excluding carboxylic acids is 1. The van der Waals surface area contributed by atoms with Gasteiger partial charge in [-0.05, 0) is 26.0 Å². The number of rotatable bonds is 5. The van der Waals surface area contributed by atoms with Crippen molar-refractivity contribution in [3.05, 3.63) is 27.7 Å². The molecule has 0 radical (unpaired) electrons. The molecule has 0 spiro atoms. The third-order valence-electron chi connectivity index (χ3n) is 2.13. The van der Waals surface area contributed by atoms with Crippen molar-refractivity contribution >= 4 is 40.8 Å². The Morgan fingerprint density at radius 1 is 1.32 bits per heavy atom. The number of amides is 1. The molecule has 0 unspecified atom stereocenters. The fourth-order valence-electron chi connectivity index (χ4n) is 1.30. The van der Waals surface area contributed by atoms with E-state index in [1.165, 1.54) is 12.1 Å². The number of ether oxygens (including phenoxy) is 1. The minimum atomic E-state index is -1.27. The van der Waals surface area contributed by atoms with Crippen molar-refractivity contribution in [2.45, 2.75) is 20.0 Å². The molecule has 0 bridgehead atoms. The second kappa shape index (κ2) is 6.75.